The fourth-order valence-corrected chi connectivity index (χ4v) is 3.49. The quantitative estimate of drug-likeness (QED) is 0.396. The van der Waals surface area contributed by atoms with Gasteiger partial charge < -0.3 is 5.32 Å². The monoisotopic (exact) mass is 454 g/mol. The summed E-state index contributed by atoms with van der Waals surface area (Å²) in [7, 11) is 0. The summed E-state index contributed by atoms with van der Waals surface area (Å²) in [6.07, 6.45) is 0. The largest absolute Gasteiger partial charge is 0.318 e. The Morgan fingerprint density at radius 1 is 0.968 bits per heavy atom. The Labute approximate surface area is 188 Å². The third-order valence-electron chi connectivity index (χ3n) is 4.77. The molecule has 1 amide bonds. The number of nitrogens with one attached hydrogen (secondary N) is 1. The van der Waals surface area contributed by atoms with Gasteiger partial charge in [0.25, 0.3) is 5.91 Å². The van der Waals surface area contributed by atoms with E-state index < -0.39 is 5.91 Å². The first-order valence-electron chi connectivity index (χ1n) is 9.39. The van der Waals surface area contributed by atoms with E-state index >= 15 is 0 Å². The van der Waals surface area contributed by atoms with E-state index in [0.717, 1.165) is 11.1 Å². The normalized spacial score (nSPS) is 10.9. The number of aromatic nitrogens is 3. The van der Waals surface area contributed by atoms with E-state index in [0.29, 0.717) is 32.8 Å². The molecule has 0 bridgehead atoms. The number of rotatable bonds is 4. The minimum Gasteiger partial charge on any atom is -0.318 e. The fourth-order valence-electron chi connectivity index (χ4n) is 3.05. The molecular formula is C23H17Cl2FN4O. The first-order valence-corrected chi connectivity index (χ1v) is 10.1. The van der Waals surface area contributed by atoms with Crippen LogP contribution in [-0.2, 0) is 0 Å². The van der Waals surface area contributed by atoms with Gasteiger partial charge in [-0.3, -0.25) is 4.79 Å². The van der Waals surface area contributed by atoms with Gasteiger partial charge in [0.05, 0.1) is 16.4 Å². The third kappa shape index (κ3) is 4.31. The van der Waals surface area contributed by atoms with Gasteiger partial charge in [0.1, 0.15) is 5.82 Å². The zero-order valence-corrected chi connectivity index (χ0v) is 18.2. The number of carbonyl (C=O) groups excluding carboxylic acids is 1. The summed E-state index contributed by atoms with van der Waals surface area (Å²) >= 11 is 12.5. The molecule has 31 heavy (non-hydrogen) atoms. The third-order valence-corrected chi connectivity index (χ3v) is 5.50. The lowest BCUT2D eigenvalue weighted by Gasteiger charge is -2.08. The van der Waals surface area contributed by atoms with Crippen LogP contribution in [0.15, 0.2) is 60.7 Å². The van der Waals surface area contributed by atoms with Crippen molar-refractivity contribution in [3.63, 3.8) is 0 Å². The van der Waals surface area contributed by atoms with Gasteiger partial charge in [0.15, 0.2) is 5.82 Å². The number of amides is 1. The minimum atomic E-state index is -0.517. The summed E-state index contributed by atoms with van der Waals surface area (Å²) in [6.45, 7) is 3.73. The summed E-state index contributed by atoms with van der Waals surface area (Å²) in [4.78, 5) is 17.4. The molecule has 0 saturated carbocycles. The van der Waals surface area contributed by atoms with Crippen molar-refractivity contribution in [2.75, 3.05) is 5.32 Å². The highest BCUT2D eigenvalue weighted by atomic mass is 35.5. The molecule has 8 heteroatoms. The van der Waals surface area contributed by atoms with Crippen LogP contribution in [0.4, 0.5) is 10.1 Å². The molecule has 1 aromatic heterocycles. The zero-order valence-electron chi connectivity index (χ0n) is 16.7. The number of hydrogen-bond acceptors (Lipinski definition) is 3. The number of para-hydroxylation sites is 1. The first-order chi connectivity index (χ1) is 14.8. The van der Waals surface area contributed by atoms with Crippen molar-refractivity contribution in [3.8, 4) is 17.1 Å². The van der Waals surface area contributed by atoms with E-state index in [4.69, 9.17) is 23.2 Å². The number of halogens is 3. The maximum atomic E-state index is 13.4. The second-order valence-corrected chi connectivity index (χ2v) is 7.81. The molecule has 156 valence electrons. The lowest BCUT2D eigenvalue weighted by Crippen LogP contribution is -2.15. The van der Waals surface area contributed by atoms with Crippen LogP contribution >= 0.6 is 23.2 Å². The molecule has 0 aliphatic carbocycles. The minimum absolute atomic E-state index is 0.0599. The van der Waals surface area contributed by atoms with Gasteiger partial charge in [-0.25, -0.2) is 14.1 Å². The van der Waals surface area contributed by atoms with Crippen LogP contribution in [-0.4, -0.2) is 20.7 Å². The zero-order chi connectivity index (χ0) is 22.1. The molecular weight excluding hydrogens is 438 g/mol. The molecule has 0 saturated heterocycles. The van der Waals surface area contributed by atoms with Gasteiger partial charge in [-0.1, -0.05) is 41.4 Å². The van der Waals surface area contributed by atoms with E-state index in [1.165, 1.54) is 16.8 Å². The average Bonchev–Trinajstić information content (AvgIpc) is 3.19. The van der Waals surface area contributed by atoms with Crippen molar-refractivity contribution >= 4 is 34.8 Å². The van der Waals surface area contributed by atoms with Crippen molar-refractivity contribution in [1.82, 2.24) is 14.8 Å². The van der Waals surface area contributed by atoms with Gasteiger partial charge in [0.2, 0.25) is 5.82 Å². The first kappa shape index (κ1) is 21.0. The van der Waals surface area contributed by atoms with E-state index in [2.05, 4.69) is 15.4 Å². The van der Waals surface area contributed by atoms with Gasteiger partial charge >= 0.3 is 0 Å². The van der Waals surface area contributed by atoms with Crippen molar-refractivity contribution < 1.29 is 9.18 Å². The molecule has 1 N–H and O–H groups in total. The molecule has 0 unspecified atom stereocenters. The van der Waals surface area contributed by atoms with Crippen LogP contribution in [0.1, 0.15) is 21.7 Å². The number of anilines is 1. The average molecular weight is 455 g/mol. The number of carbonyl (C=O) groups is 1. The van der Waals surface area contributed by atoms with Crippen molar-refractivity contribution in [1.29, 1.82) is 0 Å². The van der Waals surface area contributed by atoms with Crippen molar-refractivity contribution in [3.05, 3.63) is 93.5 Å². The van der Waals surface area contributed by atoms with E-state index in [1.807, 2.05) is 32.0 Å². The molecule has 5 nitrogen and oxygen atoms in total. The summed E-state index contributed by atoms with van der Waals surface area (Å²) < 4.78 is 14.9. The summed E-state index contributed by atoms with van der Waals surface area (Å²) in [5, 5.41) is 8.14. The number of hydrogen-bond donors (Lipinski definition) is 1. The molecule has 0 aliphatic rings. The molecule has 0 radical (unpaired) electrons. The van der Waals surface area contributed by atoms with Crippen molar-refractivity contribution in [2.45, 2.75) is 13.8 Å². The standard InChI is InChI=1S/C23H17Cl2FN4O/c1-13-6-11-17(12-19(13)25)30-22(15-7-9-16(26)10-8-15)28-21(29-30)23(31)27-20-14(2)4-3-5-18(20)24/h3-12H,1-2H3,(H,27,31). The lowest BCUT2D eigenvalue weighted by molar-refractivity contribution is 0.101. The Kier molecular flexibility index (Phi) is 5.76. The molecule has 0 spiro atoms. The van der Waals surface area contributed by atoms with Gasteiger partial charge in [-0.2, -0.15) is 0 Å². The molecule has 3 aromatic carbocycles. The maximum absolute atomic E-state index is 13.4. The number of aryl methyl sites for hydroxylation is 2. The van der Waals surface area contributed by atoms with Crippen LogP contribution in [0.25, 0.3) is 17.1 Å². The summed E-state index contributed by atoms with van der Waals surface area (Å²) in [5.74, 6) is -0.576. The molecule has 0 atom stereocenters. The predicted octanol–water partition coefficient (Wildman–Crippen LogP) is 6.25. The smallest absolute Gasteiger partial charge is 0.295 e. The fraction of sp³-hybridized carbons (Fsp3) is 0.0870. The lowest BCUT2D eigenvalue weighted by atomic mass is 10.2. The molecule has 1 heterocycles. The molecule has 0 fully saturated rings. The number of nitrogens with zero attached hydrogens (tertiary/aromatic N) is 3. The highest BCUT2D eigenvalue weighted by molar-refractivity contribution is 6.34. The predicted molar refractivity (Wildman–Crippen MR) is 121 cm³/mol. The van der Waals surface area contributed by atoms with Crippen LogP contribution < -0.4 is 5.32 Å². The maximum Gasteiger partial charge on any atom is 0.295 e. The molecule has 4 aromatic rings. The summed E-state index contributed by atoms with van der Waals surface area (Å²) in [5.41, 5.74) is 3.42. The SMILES string of the molecule is Cc1ccc(-n2nc(C(=O)Nc3c(C)cccc3Cl)nc2-c2ccc(F)cc2)cc1Cl. The Balaban J connectivity index is 1.80. The second-order valence-electron chi connectivity index (χ2n) is 7.00. The van der Waals surface area contributed by atoms with E-state index in [-0.39, 0.29) is 11.6 Å². The Morgan fingerprint density at radius 3 is 2.39 bits per heavy atom. The topological polar surface area (TPSA) is 59.8 Å². The second kappa shape index (κ2) is 8.49. The Hall–Kier alpha value is -3.22. The molecule has 4 rings (SSSR count). The summed E-state index contributed by atoms with van der Waals surface area (Å²) in [6, 6.07) is 16.5. The van der Waals surface area contributed by atoms with Crippen molar-refractivity contribution in [2.24, 2.45) is 0 Å². The van der Waals surface area contributed by atoms with Gasteiger partial charge in [0, 0.05) is 10.6 Å². The van der Waals surface area contributed by atoms with Crippen LogP contribution in [0.5, 0.6) is 0 Å². The Bertz CT molecular complexity index is 1270. The van der Waals surface area contributed by atoms with E-state index in [1.54, 1.807) is 30.3 Å². The van der Waals surface area contributed by atoms with Crippen LogP contribution in [0, 0.1) is 19.7 Å². The Morgan fingerprint density at radius 2 is 1.71 bits per heavy atom. The van der Waals surface area contributed by atoms with Crippen LogP contribution in [0.3, 0.4) is 0 Å². The van der Waals surface area contributed by atoms with Gasteiger partial charge in [-0.05, 0) is 67.4 Å². The van der Waals surface area contributed by atoms with Gasteiger partial charge in [-0.15, -0.1) is 5.10 Å². The highest BCUT2D eigenvalue weighted by Gasteiger charge is 2.20. The van der Waals surface area contributed by atoms with Crippen LogP contribution in [0.2, 0.25) is 10.0 Å². The number of benzene rings is 3. The highest BCUT2D eigenvalue weighted by Crippen LogP contribution is 2.27. The molecule has 0 aliphatic heterocycles. The van der Waals surface area contributed by atoms with E-state index in [9.17, 15) is 9.18 Å².